The number of carboxylic acid groups (broad SMARTS) is 1. The van der Waals surface area contributed by atoms with E-state index in [2.05, 4.69) is 22.3 Å². The second-order valence-electron chi connectivity index (χ2n) is 10.1. The summed E-state index contributed by atoms with van der Waals surface area (Å²) in [5.74, 6) is 0.636. The molecular weight excluding hydrogens is 421 g/mol. The second-order valence-corrected chi connectivity index (χ2v) is 10.1. The Bertz CT molecular complexity index is 1030. The Balaban J connectivity index is 1.14. The third-order valence-corrected chi connectivity index (χ3v) is 7.65. The summed E-state index contributed by atoms with van der Waals surface area (Å²) in [6.07, 6.45) is 6.79. The van der Waals surface area contributed by atoms with Gasteiger partial charge in [-0.2, -0.15) is 0 Å². The Kier molecular flexibility index (Phi) is 5.99. The van der Waals surface area contributed by atoms with Gasteiger partial charge in [-0.3, -0.25) is 9.69 Å². The Morgan fingerprint density at radius 2 is 2.15 bits per heavy atom. The van der Waals surface area contributed by atoms with Gasteiger partial charge in [0.15, 0.2) is 11.6 Å². The topological polar surface area (TPSA) is 74.7 Å². The number of benzene rings is 1. The molecule has 3 aliphatic rings. The normalized spacial score (nSPS) is 20.3. The Morgan fingerprint density at radius 1 is 1.33 bits per heavy atom. The molecule has 0 radical (unpaired) electrons. The fourth-order valence-electron chi connectivity index (χ4n) is 6.04. The van der Waals surface area contributed by atoms with Gasteiger partial charge in [-0.05, 0) is 79.2 Å². The molecule has 2 N–H and O–H groups in total. The van der Waals surface area contributed by atoms with Gasteiger partial charge >= 0.3 is 5.97 Å². The Labute approximate surface area is 194 Å². The first-order valence-electron chi connectivity index (χ1n) is 12.0. The average molecular weight is 454 g/mol. The molecule has 1 aromatic heterocycles. The van der Waals surface area contributed by atoms with Crippen LogP contribution in [-0.4, -0.2) is 47.7 Å². The van der Waals surface area contributed by atoms with Crippen molar-refractivity contribution < 1.29 is 19.0 Å². The van der Waals surface area contributed by atoms with Crippen LogP contribution < -0.4 is 10.1 Å². The van der Waals surface area contributed by atoms with Crippen molar-refractivity contribution in [3.05, 3.63) is 53.0 Å². The number of likely N-dealkylation sites (tertiary alicyclic amines) is 1. The maximum absolute atomic E-state index is 14.2. The van der Waals surface area contributed by atoms with Crippen molar-refractivity contribution in [3.8, 4) is 5.75 Å². The van der Waals surface area contributed by atoms with E-state index < -0.39 is 11.8 Å². The summed E-state index contributed by atoms with van der Waals surface area (Å²) in [5.41, 5.74) is 3.50. The van der Waals surface area contributed by atoms with Crippen molar-refractivity contribution in [1.29, 1.82) is 0 Å². The van der Waals surface area contributed by atoms with Gasteiger partial charge in [0.1, 0.15) is 5.82 Å². The van der Waals surface area contributed by atoms with E-state index in [0.29, 0.717) is 16.9 Å². The lowest BCUT2D eigenvalue weighted by Gasteiger charge is -2.61. The number of rotatable bonds is 8. The summed E-state index contributed by atoms with van der Waals surface area (Å²) < 4.78 is 19.2. The number of aliphatic carboxylic acids is 1. The van der Waals surface area contributed by atoms with Gasteiger partial charge in [0.25, 0.3) is 0 Å². The summed E-state index contributed by atoms with van der Waals surface area (Å²) in [6, 6.07) is 8.88. The molecule has 2 aliphatic heterocycles. The van der Waals surface area contributed by atoms with Crippen LogP contribution in [0.1, 0.15) is 55.0 Å². The van der Waals surface area contributed by atoms with E-state index in [9.17, 15) is 14.3 Å². The minimum Gasteiger partial charge on any atom is -0.494 e. The predicted molar refractivity (Wildman–Crippen MR) is 124 cm³/mol. The lowest BCUT2D eigenvalue weighted by atomic mass is 9.56. The van der Waals surface area contributed by atoms with E-state index in [1.54, 1.807) is 12.1 Å². The number of aryl methyl sites for hydroxylation is 2. The highest BCUT2D eigenvalue weighted by Gasteiger charge is 2.53. The summed E-state index contributed by atoms with van der Waals surface area (Å²) in [4.78, 5) is 18.5. The molecule has 1 spiro atoms. The monoisotopic (exact) mass is 453 g/mol. The maximum Gasteiger partial charge on any atom is 0.305 e. The van der Waals surface area contributed by atoms with E-state index in [1.165, 1.54) is 43.7 Å². The third-order valence-electron chi connectivity index (χ3n) is 7.65. The van der Waals surface area contributed by atoms with E-state index in [4.69, 9.17) is 9.72 Å². The third kappa shape index (κ3) is 4.56. The number of pyridine rings is 1. The number of halogens is 1. The van der Waals surface area contributed by atoms with Crippen molar-refractivity contribution in [2.75, 3.05) is 32.1 Å². The van der Waals surface area contributed by atoms with Crippen LogP contribution >= 0.6 is 0 Å². The molecule has 3 heterocycles. The number of nitrogens with zero attached hydrogens (tertiary/aromatic N) is 2. The molecule has 1 unspecified atom stereocenters. The van der Waals surface area contributed by atoms with Crippen LogP contribution in [0.5, 0.6) is 5.75 Å². The van der Waals surface area contributed by atoms with Gasteiger partial charge in [0.05, 0.1) is 13.5 Å². The highest BCUT2D eigenvalue weighted by molar-refractivity contribution is 5.68. The van der Waals surface area contributed by atoms with Crippen LogP contribution in [0.3, 0.4) is 0 Å². The van der Waals surface area contributed by atoms with E-state index >= 15 is 0 Å². The quantitative estimate of drug-likeness (QED) is 0.615. The lowest BCUT2D eigenvalue weighted by molar-refractivity contribution is -0.145. The molecule has 0 bridgehead atoms. The predicted octanol–water partition coefficient (Wildman–Crippen LogP) is 4.45. The summed E-state index contributed by atoms with van der Waals surface area (Å²) in [6.45, 7) is 2.78. The molecule has 176 valence electrons. The lowest BCUT2D eigenvalue weighted by Crippen LogP contribution is -2.63. The highest BCUT2D eigenvalue weighted by Crippen LogP contribution is 2.55. The molecule has 5 rings (SSSR count). The molecule has 6 nitrogen and oxygen atoms in total. The number of hydrogen-bond acceptors (Lipinski definition) is 5. The highest BCUT2D eigenvalue weighted by atomic mass is 19.1. The second kappa shape index (κ2) is 8.93. The zero-order chi connectivity index (χ0) is 23.0. The minimum absolute atomic E-state index is 0.0245. The smallest absolute Gasteiger partial charge is 0.305 e. The number of nitrogens with one attached hydrogen (secondary N) is 1. The maximum atomic E-state index is 14.2. The molecule has 33 heavy (non-hydrogen) atoms. The van der Waals surface area contributed by atoms with Crippen molar-refractivity contribution in [3.63, 3.8) is 0 Å². The van der Waals surface area contributed by atoms with Gasteiger partial charge in [-0.25, -0.2) is 9.37 Å². The van der Waals surface area contributed by atoms with Crippen LogP contribution in [0.2, 0.25) is 0 Å². The molecule has 2 aromatic rings. The van der Waals surface area contributed by atoms with Crippen LogP contribution in [-0.2, 0) is 17.6 Å². The molecule has 1 saturated heterocycles. The first-order valence-corrected chi connectivity index (χ1v) is 12.0. The molecule has 7 heteroatoms. The first kappa shape index (κ1) is 22.1. The van der Waals surface area contributed by atoms with Gasteiger partial charge in [0.2, 0.25) is 0 Å². The van der Waals surface area contributed by atoms with Crippen molar-refractivity contribution in [2.45, 2.75) is 51.0 Å². The zero-order valence-electron chi connectivity index (χ0n) is 19.1. The van der Waals surface area contributed by atoms with Crippen LogP contribution in [0.25, 0.3) is 0 Å². The largest absolute Gasteiger partial charge is 0.494 e. The van der Waals surface area contributed by atoms with Crippen molar-refractivity contribution in [1.82, 2.24) is 9.88 Å². The number of methoxy groups -OCH3 is 1. The fourth-order valence-corrected chi connectivity index (χ4v) is 6.04. The first-order chi connectivity index (χ1) is 15.9. The summed E-state index contributed by atoms with van der Waals surface area (Å²) >= 11 is 0. The van der Waals surface area contributed by atoms with Gasteiger partial charge in [-0.15, -0.1) is 0 Å². The number of carbonyl (C=O) groups is 1. The Hall–Kier alpha value is -2.67. The van der Waals surface area contributed by atoms with E-state index in [-0.39, 0.29) is 18.2 Å². The average Bonchev–Trinajstić information content (AvgIpc) is 2.75. The number of aromatic nitrogens is 1. The van der Waals surface area contributed by atoms with Crippen molar-refractivity contribution >= 4 is 11.8 Å². The molecule has 1 saturated carbocycles. The van der Waals surface area contributed by atoms with Gasteiger partial charge in [-0.1, -0.05) is 12.1 Å². The molecule has 1 aromatic carbocycles. The van der Waals surface area contributed by atoms with Crippen LogP contribution in [0.4, 0.5) is 10.2 Å². The molecule has 0 amide bonds. The van der Waals surface area contributed by atoms with Gasteiger partial charge < -0.3 is 15.2 Å². The summed E-state index contributed by atoms with van der Waals surface area (Å²) in [5, 5.41) is 12.8. The molecule has 1 aliphatic carbocycles. The molecule has 1 atom stereocenters. The number of ether oxygens (including phenoxy) is 1. The molecular formula is C26H32FN3O3. The zero-order valence-corrected chi connectivity index (χ0v) is 19.1. The summed E-state index contributed by atoms with van der Waals surface area (Å²) in [7, 11) is 1.43. The number of fused-ring (bicyclic) bond motifs is 1. The van der Waals surface area contributed by atoms with Crippen LogP contribution in [0.15, 0.2) is 30.3 Å². The van der Waals surface area contributed by atoms with E-state index in [1.807, 2.05) is 0 Å². The number of hydrogen-bond donors (Lipinski definition) is 2. The molecule has 2 fully saturated rings. The van der Waals surface area contributed by atoms with E-state index in [0.717, 1.165) is 44.7 Å². The number of carboxylic acids is 1. The number of anilines is 1. The SMILES string of the molecule is COc1ccc(C(CC(=O)O)N2CC3(CC(CCc4ccc5c(n4)NCCC5)C3)C2)cc1F. The van der Waals surface area contributed by atoms with Gasteiger partial charge in [0, 0.05) is 31.4 Å². The minimum atomic E-state index is -0.865. The Morgan fingerprint density at radius 3 is 2.88 bits per heavy atom. The fraction of sp³-hybridized carbons (Fsp3) is 0.538. The van der Waals surface area contributed by atoms with Crippen LogP contribution in [0, 0.1) is 17.2 Å². The van der Waals surface area contributed by atoms with Crippen molar-refractivity contribution in [2.24, 2.45) is 11.3 Å². The standard InChI is InChI=1S/C26H32FN3O3/c1-33-23-9-6-19(11-21(23)27)22(12-24(31)32)30-15-26(16-30)13-17(14-26)4-7-20-8-5-18-3-2-10-28-25(18)29-20/h5-6,8-9,11,17,22H,2-4,7,10,12-16H2,1H3,(H,28,29)(H,31,32).